The molecule has 9 heteroatoms. The number of nitrogens with zero attached hydrogens (tertiary/aromatic N) is 2. The monoisotopic (exact) mass is 441 g/mol. The van der Waals surface area contributed by atoms with Gasteiger partial charge in [-0.3, -0.25) is 9.59 Å². The summed E-state index contributed by atoms with van der Waals surface area (Å²) >= 11 is 5.85. The van der Waals surface area contributed by atoms with E-state index >= 15 is 0 Å². The standard InChI is InChI=1S/C22H20ClN3O5/c1-26(12-20(27)24-16-4-3-5-17(11-16)30-2)21(28)13-31-22(29)15-6-8-18-14(10-15)7-9-19(23)25-18/h3-11H,12-13H2,1-2H3,(H,24,27). The number of methoxy groups -OCH3 is 1. The zero-order valence-electron chi connectivity index (χ0n) is 16.9. The van der Waals surface area contributed by atoms with Gasteiger partial charge in [-0.05, 0) is 42.5 Å². The van der Waals surface area contributed by atoms with Crippen LogP contribution in [0.4, 0.5) is 5.69 Å². The lowest BCUT2D eigenvalue weighted by molar-refractivity contribution is -0.136. The first-order chi connectivity index (χ1) is 14.9. The highest BCUT2D eigenvalue weighted by molar-refractivity contribution is 6.29. The van der Waals surface area contributed by atoms with Crippen molar-refractivity contribution in [2.24, 2.45) is 0 Å². The number of aromatic nitrogens is 1. The van der Waals surface area contributed by atoms with Crippen LogP contribution < -0.4 is 10.1 Å². The van der Waals surface area contributed by atoms with Gasteiger partial charge in [-0.1, -0.05) is 17.7 Å². The SMILES string of the molecule is COc1cccc(NC(=O)CN(C)C(=O)COC(=O)c2ccc3nc(Cl)ccc3c2)c1. The third kappa shape index (κ3) is 5.93. The average molecular weight is 442 g/mol. The van der Waals surface area contributed by atoms with Crippen molar-refractivity contribution in [2.75, 3.05) is 32.6 Å². The van der Waals surface area contributed by atoms with Crippen molar-refractivity contribution in [3.8, 4) is 5.75 Å². The van der Waals surface area contributed by atoms with Crippen LogP contribution in [0.2, 0.25) is 5.15 Å². The Morgan fingerprint density at radius 2 is 1.90 bits per heavy atom. The Balaban J connectivity index is 1.51. The third-order valence-electron chi connectivity index (χ3n) is 4.38. The first-order valence-electron chi connectivity index (χ1n) is 9.27. The third-order valence-corrected chi connectivity index (χ3v) is 4.59. The Hall–Kier alpha value is -3.65. The topological polar surface area (TPSA) is 97.8 Å². The molecule has 0 spiro atoms. The minimum absolute atomic E-state index is 0.198. The predicted molar refractivity (Wildman–Crippen MR) is 116 cm³/mol. The highest BCUT2D eigenvalue weighted by Gasteiger charge is 2.16. The zero-order valence-corrected chi connectivity index (χ0v) is 17.7. The molecule has 0 aliphatic rings. The van der Waals surface area contributed by atoms with Gasteiger partial charge in [0.2, 0.25) is 5.91 Å². The van der Waals surface area contributed by atoms with Gasteiger partial charge in [0.1, 0.15) is 10.9 Å². The van der Waals surface area contributed by atoms with Crippen LogP contribution in [0.1, 0.15) is 10.4 Å². The number of anilines is 1. The van der Waals surface area contributed by atoms with Crippen LogP contribution in [-0.2, 0) is 14.3 Å². The van der Waals surface area contributed by atoms with E-state index in [1.807, 2.05) is 0 Å². The van der Waals surface area contributed by atoms with Crippen molar-refractivity contribution in [3.63, 3.8) is 0 Å². The van der Waals surface area contributed by atoms with Gasteiger partial charge < -0.3 is 19.7 Å². The molecule has 1 aromatic heterocycles. The highest BCUT2D eigenvalue weighted by Crippen LogP contribution is 2.18. The molecule has 2 amide bonds. The zero-order chi connectivity index (χ0) is 22.4. The maximum absolute atomic E-state index is 12.3. The summed E-state index contributed by atoms with van der Waals surface area (Å²) < 4.78 is 10.2. The van der Waals surface area contributed by atoms with Crippen LogP contribution in [0.15, 0.2) is 54.6 Å². The van der Waals surface area contributed by atoms with Crippen LogP contribution in [0.25, 0.3) is 10.9 Å². The van der Waals surface area contributed by atoms with E-state index in [1.165, 1.54) is 19.1 Å². The predicted octanol–water partition coefficient (Wildman–Crippen LogP) is 3.15. The molecular formula is C22H20ClN3O5. The molecule has 0 saturated carbocycles. The summed E-state index contributed by atoms with van der Waals surface area (Å²) in [5.41, 5.74) is 1.47. The largest absolute Gasteiger partial charge is 0.497 e. The number of likely N-dealkylation sites (N-methyl/N-ethyl adjacent to an activating group) is 1. The number of carbonyl (C=O) groups is 3. The van der Waals surface area contributed by atoms with E-state index in [1.54, 1.807) is 54.6 Å². The lowest BCUT2D eigenvalue weighted by atomic mass is 10.1. The van der Waals surface area contributed by atoms with Crippen molar-refractivity contribution < 1.29 is 23.9 Å². The molecule has 0 radical (unpaired) electrons. The molecule has 0 unspecified atom stereocenters. The van der Waals surface area contributed by atoms with E-state index in [2.05, 4.69) is 10.3 Å². The van der Waals surface area contributed by atoms with Gasteiger partial charge in [0.25, 0.3) is 5.91 Å². The van der Waals surface area contributed by atoms with Crippen molar-refractivity contribution in [1.82, 2.24) is 9.88 Å². The average Bonchev–Trinajstić information content (AvgIpc) is 2.76. The molecule has 1 N–H and O–H groups in total. The number of halogens is 1. The molecule has 0 aliphatic heterocycles. The maximum Gasteiger partial charge on any atom is 0.338 e. The summed E-state index contributed by atoms with van der Waals surface area (Å²) in [6.45, 7) is -0.686. The van der Waals surface area contributed by atoms with Gasteiger partial charge in [-0.2, -0.15) is 0 Å². The van der Waals surface area contributed by atoms with Gasteiger partial charge in [0.15, 0.2) is 6.61 Å². The number of rotatable bonds is 7. The Bertz CT molecular complexity index is 1140. The van der Waals surface area contributed by atoms with E-state index in [9.17, 15) is 14.4 Å². The number of benzene rings is 2. The number of amides is 2. The summed E-state index contributed by atoms with van der Waals surface area (Å²) in [5, 5.41) is 3.75. The maximum atomic E-state index is 12.3. The van der Waals surface area contributed by atoms with Crippen LogP contribution in [0.3, 0.4) is 0 Å². The minimum atomic E-state index is -0.653. The fourth-order valence-electron chi connectivity index (χ4n) is 2.75. The molecule has 0 bridgehead atoms. The van der Waals surface area contributed by atoms with Gasteiger partial charge in [-0.25, -0.2) is 9.78 Å². The molecule has 0 saturated heterocycles. The lowest BCUT2D eigenvalue weighted by Crippen LogP contribution is -2.37. The number of ether oxygens (including phenoxy) is 2. The van der Waals surface area contributed by atoms with Gasteiger partial charge >= 0.3 is 5.97 Å². The second-order valence-corrected chi connectivity index (χ2v) is 7.03. The second kappa shape index (κ2) is 9.90. The summed E-state index contributed by atoms with van der Waals surface area (Å²) in [6, 6.07) is 15.0. The van der Waals surface area contributed by atoms with E-state index in [0.29, 0.717) is 22.1 Å². The van der Waals surface area contributed by atoms with E-state index in [4.69, 9.17) is 21.1 Å². The number of carbonyl (C=O) groups excluding carboxylic acids is 3. The molecule has 2 aromatic carbocycles. The van der Waals surface area contributed by atoms with Crippen molar-refractivity contribution in [2.45, 2.75) is 0 Å². The molecule has 160 valence electrons. The number of hydrogen-bond acceptors (Lipinski definition) is 6. The molecular weight excluding hydrogens is 422 g/mol. The van der Waals surface area contributed by atoms with Crippen LogP contribution in [-0.4, -0.2) is 55.0 Å². The summed E-state index contributed by atoms with van der Waals surface area (Å²) in [6.07, 6.45) is 0. The fourth-order valence-corrected chi connectivity index (χ4v) is 2.91. The number of esters is 1. The molecule has 31 heavy (non-hydrogen) atoms. The first-order valence-corrected chi connectivity index (χ1v) is 9.65. The molecule has 3 rings (SSSR count). The van der Waals surface area contributed by atoms with E-state index in [0.717, 1.165) is 5.39 Å². The van der Waals surface area contributed by atoms with Gasteiger partial charge in [0, 0.05) is 24.2 Å². The van der Waals surface area contributed by atoms with Crippen LogP contribution >= 0.6 is 11.6 Å². The van der Waals surface area contributed by atoms with Crippen molar-refractivity contribution in [3.05, 3.63) is 65.3 Å². The Kier molecular flexibility index (Phi) is 7.04. The van der Waals surface area contributed by atoms with E-state index < -0.39 is 24.4 Å². The summed E-state index contributed by atoms with van der Waals surface area (Å²) in [5.74, 6) is -0.958. The van der Waals surface area contributed by atoms with Gasteiger partial charge in [0.05, 0.1) is 24.7 Å². The Morgan fingerprint density at radius 3 is 2.68 bits per heavy atom. The van der Waals surface area contributed by atoms with E-state index in [-0.39, 0.29) is 12.1 Å². The summed E-state index contributed by atoms with van der Waals surface area (Å²) in [4.78, 5) is 42.0. The molecule has 0 atom stereocenters. The normalized spacial score (nSPS) is 10.4. The summed E-state index contributed by atoms with van der Waals surface area (Å²) in [7, 11) is 2.98. The molecule has 1 heterocycles. The Morgan fingerprint density at radius 1 is 1.10 bits per heavy atom. The number of hydrogen-bond donors (Lipinski definition) is 1. The second-order valence-electron chi connectivity index (χ2n) is 6.65. The van der Waals surface area contributed by atoms with Crippen LogP contribution in [0, 0.1) is 0 Å². The molecule has 0 aliphatic carbocycles. The van der Waals surface area contributed by atoms with Crippen LogP contribution in [0.5, 0.6) is 5.75 Å². The highest BCUT2D eigenvalue weighted by atomic mass is 35.5. The van der Waals surface area contributed by atoms with Crippen molar-refractivity contribution in [1.29, 1.82) is 0 Å². The number of fused-ring (bicyclic) bond motifs is 1. The molecule has 3 aromatic rings. The number of nitrogens with one attached hydrogen (secondary N) is 1. The molecule has 0 fully saturated rings. The Labute approximate surface area is 183 Å². The quantitative estimate of drug-likeness (QED) is 0.447. The fraction of sp³-hybridized carbons (Fsp3) is 0.182. The number of pyridine rings is 1. The first kappa shape index (κ1) is 22.0. The molecule has 8 nitrogen and oxygen atoms in total. The van der Waals surface area contributed by atoms with Gasteiger partial charge in [-0.15, -0.1) is 0 Å². The smallest absolute Gasteiger partial charge is 0.338 e. The minimum Gasteiger partial charge on any atom is -0.497 e. The lowest BCUT2D eigenvalue weighted by Gasteiger charge is -2.17. The van der Waals surface area contributed by atoms with Crippen molar-refractivity contribution >= 4 is 46.0 Å².